The van der Waals surface area contributed by atoms with Crippen LogP contribution in [0.25, 0.3) is 0 Å². The number of nitro benzene ring substituents is 2. The first kappa shape index (κ1) is 20.4. The van der Waals surface area contributed by atoms with Crippen molar-refractivity contribution in [3.05, 3.63) is 59.6 Å². The summed E-state index contributed by atoms with van der Waals surface area (Å²) in [5.74, 6) is 0.638. The number of nitrogens with zero attached hydrogens (tertiary/aromatic N) is 2. The Morgan fingerprint density at radius 2 is 1.38 bits per heavy atom. The molecule has 0 saturated heterocycles. The summed E-state index contributed by atoms with van der Waals surface area (Å²) in [6.45, 7) is 1.87. The van der Waals surface area contributed by atoms with E-state index in [0.29, 0.717) is 16.3 Å². The third-order valence-corrected chi connectivity index (χ3v) is 4.97. The first-order valence-corrected chi connectivity index (χ1v) is 9.12. The second-order valence-electron chi connectivity index (χ2n) is 4.78. The monoisotopic (exact) mass is 436 g/mol. The SMILES string of the molecule is CCSc1cc(NNc2cc(Cl)c([N+](=O)[O-])cc2Cl)c(Cl)cc1[N+](=O)[O-]. The summed E-state index contributed by atoms with van der Waals surface area (Å²) in [4.78, 5) is 21.3. The van der Waals surface area contributed by atoms with Crippen molar-refractivity contribution in [1.82, 2.24) is 0 Å². The lowest BCUT2D eigenvalue weighted by Gasteiger charge is -2.14. The highest BCUT2D eigenvalue weighted by Crippen LogP contribution is 2.38. The molecule has 0 aliphatic carbocycles. The van der Waals surface area contributed by atoms with Gasteiger partial charge in [0.25, 0.3) is 11.4 Å². The first-order valence-electron chi connectivity index (χ1n) is 7.00. The number of hydrogen-bond acceptors (Lipinski definition) is 7. The number of rotatable bonds is 7. The Morgan fingerprint density at radius 1 is 0.885 bits per heavy atom. The van der Waals surface area contributed by atoms with Crippen LogP contribution in [0, 0.1) is 20.2 Å². The van der Waals surface area contributed by atoms with Crippen LogP contribution in [0.3, 0.4) is 0 Å². The van der Waals surface area contributed by atoms with Crippen LogP contribution in [-0.2, 0) is 0 Å². The zero-order valence-electron chi connectivity index (χ0n) is 13.1. The van der Waals surface area contributed by atoms with Crippen LogP contribution in [0.5, 0.6) is 0 Å². The lowest BCUT2D eigenvalue weighted by Crippen LogP contribution is -2.10. The highest BCUT2D eigenvalue weighted by Gasteiger charge is 2.19. The first-order chi connectivity index (χ1) is 12.2. The summed E-state index contributed by atoms with van der Waals surface area (Å²) in [6.07, 6.45) is 0. The molecule has 0 radical (unpaired) electrons. The van der Waals surface area contributed by atoms with Crippen molar-refractivity contribution >= 4 is 69.3 Å². The average Bonchev–Trinajstić information content (AvgIpc) is 2.56. The number of nitrogens with one attached hydrogen (secondary N) is 2. The number of hydrazine groups is 1. The van der Waals surface area contributed by atoms with Crippen LogP contribution in [-0.4, -0.2) is 15.6 Å². The van der Waals surface area contributed by atoms with E-state index in [1.807, 2.05) is 6.92 Å². The predicted molar refractivity (Wildman–Crippen MR) is 105 cm³/mol. The molecule has 2 aromatic rings. The van der Waals surface area contributed by atoms with E-state index in [0.717, 1.165) is 6.07 Å². The molecule has 0 aliphatic rings. The van der Waals surface area contributed by atoms with Gasteiger partial charge in [-0.25, -0.2) is 0 Å². The molecule has 0 spiro atoms. The summed E-state index contributed by atoms with van der Waals surface area (Å²) >= 11 is 19.2. The van der Waals surface area contributed by atoms with E-state index in [9.17, 15) is 20.2 Å². The minimum Gasteiger partial charge on any atom is -0.299 e. The van der Waals surface area contributed by atoms with E-state index in [1.54, 1.807) is 0 Å². The Balaban J connectivity index is 2.29. The number of thioether (sulfide) groups is 1. The van der Waals surface area contributed by atoms with Gasteiger partial charge in [-0.2, -0.15) is 0 Å². The maximum absolute atomic E-state index is 11.1. The van der Waals surface area contributed by atoms with Gasteiger partial charge in [0, 0.05) is 12.1 Å². The van der Waals surface area contributed by atoms with Crippen LogP contribution in [0.1, 0.15) is 6.92 Å². The number of benzene rings is 2. The molecule has 0 bridgehead atoms. The van der Waals surface area contributed by atoms with Gasteiger partial charge < -0.3 is 0 Å². The smallest absolute Gasteiger partial charge is 0.289 e. The largest absolute Gasteiger partial charge is 0.299 e. The molecule has 26 heavy (non-hydrogen) atoms. The van der Waals surface area contributed by atoms with E-state index >= 15 is 0 Å². The Kier molecular flexibility index (Phi) is 6.76. The molecule has 0 unspecified atom stereocenters. The number of halogens is 3. The van der Waals surface area contributed by atoms with Crippen molar-refractivity contribution in [2.45, 2.75) is 11.8 Å². The molecule has 2 aromatic carbocycles. The molecule has 0 heterocycles. The molecular weight excluding hydrogens is 427 g/mol. The second-order valence-corrected chi connectivity index (χ2v) is 7.31. The number of anilines is 2. The van der Waals surface area contributed by atoms with Gasteiger partial charge in [-0.3, -0.25) is 31.1 Å². The van der Waals surface area contributed by atoms with Crippen molar-refractivity contribution in [2.24, 2.45) is 0 Å². The third-order valence-electron chi connectivity index (χ3n) is 3.11. The molecular formula is C14H11Cl3N4O4S. The topological polar surface area (TPSA) is 110 Å². The molecule has 2 rings (SSSR count). The fraction of sp³-hybridized carbons (Fsp3) is 0.143. The van der Waals surface area contributed by atoms with Crippen molar-refractivity contribution in [1.29, 1.82) is 0 Å². The highest BCUT2D eigenvalue weighted by atomic mass is 35.5. The highest BCUT2D eigenvalue weighted by molar-refractivity contribution is 7.99. The molecule has 0 amide bonds. The average molecular weight is 438 g/mol. The van der Waals surface area contributed by atoms with Gasteiger partial charge >= 0.3 is 0 Å². The summed E-state index contributed by atoms with van der Waals surface area (Å²) in [5.41, 5.74) is 5.76. The minimum atomic E-state index is -0.646. The van der Waals surface area contributed by atoms with E-state index in [2.05, 4.69) is 10.9 Å². The summed E-state index contributed by atoms with van der Waals surface area (Å²) in [6, 6.07) is 5.18. The van der Waals surface area contributed by atoms with Gasteiger partial charge in [0.15, 0.2) is 0 Å². The summed E-state index contributed by atoms with van der Waals surface area (Å²) in [7, 11) is 0. The third kappa shape index (κ3) is 4.61. The van der Waals surface area contributed by atoms with Crippen molar-refractivity contribution < 1.29 is 9.85 Å². The van der Waals surface area contributed by atoms with E-state index in [1.165, 1.54) is 30.0 Å². The van der Waals surface area contributed by atoms with Crippen molar-refractivity contribution in [3.8, 4) is 0 Å². The van der Waals surface area contributed by atoms with Gasteiger partial charge in [0.1, 0.15) is 5.02 Å². The molecule has 2 N–H and O–H groups in total. The molecule has 138 valence electrons. The van der Waals surface area contributed by atoms with Crippen LogP contribution in [0.15, 0.2) is 29.2 Å². The molecule has 8 nitrogen and oxygen atoms in total. The molecule has 0 fully saturated rings. The predicted octanol–water partition coefficient (Wildman–Crippen LogP) is 6.01. The van der Waals surface area contributed by atoms with Gasteiger partial charge in [0.05, 0.1) is 36.2 Å². The van der Waals surface area contributed by atoms with Crippen LogP contribution in [0.4, 0.5) is 22.7 Å². The van der Waals surface area contributed by atoms with E-state index in [-0.39, 0.29) is 32.1 Å². The Labute approximate surface area is 167 Å². The van der Waals surface area contributed by atoms with Gasteiger partial charge in [0.2, 0.25) is 0 Å². The van der Waals surface area contributed by atoms with Gasteiger partial charge in [-0.15, -0.1) is 11.8 Å². The fourth-order valence-corrected chi connectivity index (χ4v) is 3.40. The van der Waals surface area contributed by atoms with Crippen molar-refractivity contribution in [3.63, 3.8) is 0 Å². The molecule has 0 saturated carbocycles. The number of hydrogen-bond donors (Lipinski definition) is 2. The van der Waals surface area contributed by atoms with Crippen LogP contribution >= 0.6 is 46.6 Å². The molecule has 12 heteroatoms. The fourth-order valence-electron chi connectivity index (χ4n) is 1.96. The lowest BCUT2D eigenvalue weighted by molar-refractivity contribution is -0.387. The second kappa shape index (κ2) is 8.63. The lowest BCUT2D eigenvalue weighted by atomic mass is 10.2. The Bertz CT molecular complexity index is 882. The van der Waals surface area contributed by atoms with Gasteiger partial charge in [-0.05, 0) is 17.9 Å². The van der Waals surface area contributed by atoms with Crippen LogP contribution < -0.4 is 10.9 Å². The minimum absolute atomic E-state index is 0.0646. The molecule has 0 atom stereocenters. The van der Waals surface area contributed by atoms with Crippen LogP contribution in [0.2, 0.25) is 15.1 Å². The number of nitro groups is 2. The van der Waals surface area contributed by atoms with E-state index in [4.69, 9.17) is 34.8 Å². The summed E-state index contributed by atoms with van der Waals surface area (Å²) < 4.78 is 0. The van der Waals surface area contributed by atoms with Gasteiger partial charge in [-0.1, -0.05) is 41.7 Å². The van der Waals surface area contributed by atoms with E-state index < -0.39 is 9.85 Å². The summed E-state index contributed by atoms with van der Waals surface area (Å²) in [5, 5.41) is 22.1. The quantitative estimate of drug-likeness (QED) is 0.310. The molecule has 0 aromatic heterocycles. The van der Waals surface area contributed by atoms with Crippen molar-refractivity contribution in [2.75, 3.05) is 16.6 Å². The Hall–Kier alpha value is -1.94. The Morgan fingerprint density at radius 3 is 1.88 bits per heavy atom. The zero-order valence-corrected chi connectivity index (χ0v) is 16.2. The maximum atomic E-state index is 11.1. The molecule has 0 aliphatic heterocycles. The normalized spacial score (nSPS) is 10.5. The maximum Gasteiger partial charge on any atom is 0.289 e. The standard InChI is InChI=1S/C14H11Cl3N4O4S/c1-2-26-14-6-11(8(16)5-13(14)21(24)25)19-18-10-3-9(17)12(20(22)23)4-7(10)15/h3-6,18-19H,2H2,1H3. The zero-order chi connectivity index (χ0) is 19.4.